The minimum Gasteiger partial charge on any atom is -0.490 e. The van der Waals surface area contributed by atoms with Gasteiger partial charge in [0.05, 0.1) is 28.6 Å². The number of hydrogen-bond donors (Lipinski definition) is 1. The fraction of sp³-hybridized carbons (Fsp3) is 0.190. The number of nitrogens with zero attached hydrogens (tertiary/aromatic N) is 2. The molecular weight excluding hydrogens is 396 g/mol. The maximum absolute atomic E-state index is 12.9. The number of hydrazone groups is 1. The molecule has 0 bridgehead atoms. The van der Waals surface area contributed by atoms with Crippen LogP contribution in [0.15, 0.2) is 53.1 Å². The molecule has 3 rings (SSSR count). The fourth-order valence-corrected chi connectivity index (χ4v) is 3.00. The van der Waals surface area contributed by atoms with Crippen molar-refractivity contribution in [1.82, 2.24) is 0 Å². The van der Waals surface area contributed by atoms with Crippen molar-refractivity contribution in [2.75, 3.05) is 18.2 Å². The van der Waals surface area contributed by atoms with Gasteiger partial charge in [-0.3, -0.25) is 4.79 Å². The number of aliphatic carboxylic acids is 1. The number of carboxylic acids is 1. The molecule has 2 aromatic carbocycles. The molecule has 2 aromatic rings. The number of rotatable bonds is 7. The summed E-state index contributed by atoms with van der Waals surface area (Å²) in [4.78, 5) is 23.6. The second-order valence-corrected chi connectivity index (χ2v) is 6.54. The highest BCUT2D eigenvalue weighted by Crippen LogP contribution is 2.32. The zero-order valence-corrected chi connectivity index (χ0v) is 16.6. The molecule has 0 spiro atoms. The molecule has 1 heterocycles. The highest BCUT2D eigenvalue weighted by Gasteiger charge is 2.29. The first-order chi connectivity index (χ1) is 13.9. The van der Waals surface area contributed by atoms with Crippen LogP contribution in [-0.2, 0) is 9.59 Å². The highest BCUT2D eigenvalue weighted by molar-refractivity contribution is 6.37. The number of ether oxygens (including phenoxy) is 2. The molecule has 150 valence electrons. The lowest BCUT2D eigenvalue weighted by molar-refractivity contribution is -0.139. The van der Waals surface area contributed by atoms with Crippen LogP contribution in [-0.4, -0.2) is 35.9 Å². The summed E-state index contributed by atoms with van der Waals surface area (Å²) >= 11 is 6.20. The van der Waals surface area contributed by atoms with Crippen molar-refractivity contribution in [2.24, 2.45) is 5.10 Å². The summed E-state index contributed by atoms with van der Waals surface area (Å²) in [5.74, 6) is -0.662. The van der Waals surface area contributed by atoms with Gasteiger partial charge in [-0.15, -0.1) is 0 Å². The number of para-hydroxylation sites is 1. The van der Waals surface area contributed by atoms with E-state index in [0.29, 0.717) is 45.7 Å². The molecule has 0 radical (unpaired) electrons. The lowest BCUT2D eigenvalue weighted by Gasteiger charge is -2.13. The molecule has 0 aromatic heterocycles. The molecule has 1 aliphatic rings. The zero-order chi connectivity index (χ0) is 21.0. The van der Waals surface area contributed by atoms with Crippen LogP contribution >= 0.6 is 11.6 Å². The van der Waals surface area contributed by atoms with Gasteiger partial charge in [-0.25, -0.2) is 4.79 Å². The molecule has 0 fully saturated rings. The van der Waals surface area contributed by atoms with Crippen LogP contribution < -0.4 is 14.5 Å². The maximum atomic E-state index is 12.9. The normalized spacial score (nSPS) is 14.9. The van der Waals surface area contributed by atoms with Crippen LogP contribution in [0.25, 0.3) is 6.08 Å². The maximum Gasteiger partial charge on any atom is 0.341 e. The van der Waals surface area contributed by atoms with E-state index in [4.69, 9.17) is 26.2 Å². The van der Waals surface area contributed by atoms with Gasteiger partial charge < -0.3 is 14.6 Å². The lowest BCUT2D eigenvalue weighted by atomic mass is 10.1. The Bertz CT molecular complexity index is 1020. The van der Waals surface area contributed by atoms with Gasteiger partial charge in [-0.1, -0.05) is 29.8 Å². The van der Waals surface area contributed by atoms with Gasteiger partial charge in [0, 0.05) is 0 Å². The summed E-state index contributed by atoms with van der Waals surface area (Å²) in [5.41, 5.74) is 2.18. The number of anilines is 1. The van der Waals surface area contributed by atoms with E-state index in [0.717, 1.165) is 0 Å². The Hall–Kier alpha value is -3.32. The van der Waals surface area contributed by atoms with E-state index in [1.165, 1.54) is 5.01 Å². The minimum absolute atomic E-state index is 0.292. The molecule has 1 N–H and O–H groups in total. The Morgan fingerprint density at radius 2 is 1.97 bits per heavy atom. The fourth-order valence-electron chi connectivity index (χ4n) is 2.78. The van der Waals surface area contributed by atoms with Crippen LogP contribution in [0.5, 0.6) is 11.5 Å². The monoisotopic (exact) mass is 414 g/mol. The number of halogens is 1. The van der Waals surface area contributed by atoms with Crippen LogP contribution in [0.2, 0.25) is 5.02 Å². The molecule has 0 unspecified atom stereocenters. The predicted octanol–water partition coefficient (Wildman–Crippen LogP) is 4.01. The van der Waals surface area contributed by atoms with Crippen molar-refractivity contribution in [2.45, 2.75) is 13.8 Å². The van der Waals surface area contributed by atoms with Gasteiger partial charge in [-0.2, -0.15) is 10.1 Å². The number of carbonyl (C=O) groups is 2. The average Bonchev–Trinajstić information content (AvgIpc) is 2.96. The smallest absolute Gasteiger partial charge is 0.341 e. The molecule has 0 saturated heterocycles. The quantitative estimate of drug-likeness (QED) is 0.691. The molecule has 0 saturated carbocycles. The van der Waals surface area contributed by atoms with Crippen LogP contribution in [0.1, 0.15) is 19.4 Å². The van der Waals surface area contributed by atoms with E-state index in [1.807, 2.05) is 6.92 Å². The van der Waals surface area contributed by atoms with E-state index in [9.17, 15) is 9.59 Å². The Labute approximate surface area is 172 Å². The van der Waals surface area contributed by atoms with Gasteiger partial charge in [0.15, 0.2) is 18.1 Å². The molecule has 0 aliphatic carbocycles. The van der Waals surface area contributed by atoms with Gasteiger partial charge in [0.2, 0.25) is 0 Å². The first kappa shape index (κ1) is 20.4. The zero-order valence-electron chi connectivity index (χ0n) is 15.9. The Balaban J connectivity index is 1.90. The van der Waals surface area contributed by atoms with E-state index in [-0.39, 0.29) is 5.91 Å². The van der Waals surface area contributed by atoms with Gasteiger partial charge in [-0.05, 0) is 49.8 Å². The van der Waals surface area contributed by atoms with Crippen molar-refractivity contribution in [3.63, 3.8) is 0 Å². The summed E-state index contributed by atoms with van der Waals surface area (Å²) in [6.07, 6.45) is 1.70. The molecule has 0 atom stereocenters. The molecular formula is C21H19ClN2O5. The Morgan fingerprint density at radius 3 is 2.66 bits per heavy atom. The third-order valence-corrected chi connectivity index (χ3v) is 4.39. The van der Waals surface area contributed by atoms with Gasteiger partial charge >= 0.3 is 5.97 Å². The first-order valence-corrected chi connectivity index (χ1v) is 9.26. The van der Waals surface area contributed by atoms with Crippen LogP contribution in [0, 0.1) is 0 Å². The summed E-state index contributed by atoms with van der Waals surface area (Å²) in [6, 6.07) is 12.0. The topological polar surface area (TPSA) is 88.4 Å². The predicted molar refractivity (Wildman–Crippen MR) is 111 cm³/mol. The van der Waals surface area contributed by atoms with Crippen molar-refractivity contribution in [1.29, 1.82) is 0 Å². The molecule has 7 nitrogen and oxygen atoms in total. The first-order valence-electron chi connectivity index (χ1n) is 8.88. The van der Waals surface area contributed by atoms with Crippen molar-refractivity contribution in [3.05, 3.63) is 58.6 Å². The van der Waals surface area contributed by atoms with E-state index >= 15 is 0 Å². The third kappa shape index (κ3) is 4.57. The van der Waals surface area contributed by atoms with Gasteiger partial charge in [0.25, 0.3) is 5.91 Å². The number of carboxylic acid groups (broad SMARTS) is 1. The van der Waals surface area contributed by atoms with Crippen LogP contribution in [0.4, 0.5) is 5.69 Å². The molecule has 1 amide bonds. The third-order valence-electron chi connectivity index (χ3n) is 4.07. The summed E-state index contributed by atoms with van der Waals surface area (Å²) in [5, 5.41) is 14.8. The van der Waals surface area contributed by atoms with Crippen molar-refractivity contribution >= 4 is 41.0 Å². The summed E-state index contributed by atoms with van der Waals surface area (Å²) < 4.78 is 10.8. The standard InChI is InChI=1S/C21H19ClN2O5/c1-3-28-19-11-14(8-9-18(19)29-12-20(25)26)10-15-13(2)23-24(21(15)27)17-7-5-4-6-16(17)22/h4-11H,3,12H2,1-2H3,(H,25,26). The molecule has 29 heavy (non-hydrogen) atoms. The SMILES string of the molecule is CCOc1cc(C=C2C(=O)N(c3ccccc3Cl)N=C2C)ccc1OCC(=O)O. The van der Waals surface area contributed by atoms with Crippen LogP contribution in [0.3, 0.4) is 0 Å². The van der Waals surface area contributed by atoms with Crippen molar-refractivity contribution < 1.29 is 24.2 Å². The molecule has 8 heteroatoms. The van der Waals surface area contributed by atoms with Gasteiger partial charge in [0.1, 0.15) is 0 Å². The number of amides is 1. The number of carbonyl (C=O) groups excluding carboxylic acids is 1. The highest BCUT2D eigenvalue weighted by atomic mass is 35.5. The number of hydrogen-bond acceptors (Lipinski definition) is 5. The average molecular weight is 415 g/mol. The molecule has 1 aliphatic heterocycles. The summed E-state index contributed by atoms with van der Waals surface area (Å²) in [6.45, 7) is 3.46. The second-order valence-electron chi connectivity index (χ2n) is 6.13. The van der Waals surface area contributed by atoms with E-state index < -0.39 is 12.6 Å². The van der Waals surface area contributed by atoms with E-state index in [1.54, 1.807) is 55.5 Å². The van der Waals surface area contributed by atoms with Crippen molar-refractivity contribution in [3.8, 4) is 11.5 Å². The largest absolute Gasteiger partial charge is 0.490 e. The number of benzene rings is 2. The lowest BCUT2D eigenvalue weighted by Crippen LogP contribution is -2.21. The Kier molecular flexibility index (Phi) is 6.19. The summed E-state index contributed by atoms with van der Waals surface area (Å²) in [7, 11) is 0. The van der Waals surface area contributed by atoms with E-state index in [2.05, 4.69) is 5.10 Å². The minimum atomic E-state index is -1.08. The Morgan fingerprint density at radius 1 is 1.21 bits per heavy atom. The second kappa shape index (κ2) is 8.79.